The van der Waals surface area contributed by atoms with E-state index in [9.17, 15) is 22.8 Å². The number of sulfonamides is 1. The molecule has 2 aromatic heterocycles. The number of hydrogen-bond donors (Lipinski definition) is 1. The van der Waals surface area contributed by atoms with E-state index < -0.39 is 15.4 Å². The van der Waals surface area contributed by atoms with Crippen LogP contribution in [-0.2, 0) is 39.2 Å². The molecule has 4 aromatic rings. The van der Waals surface area contributed by atoms with Crippen LogP contribution in [0.4, 0.5) is 17.1 Å². The van der Waals surface area contributed by atoms with Crippen molar-refractivity contribution in [3.05, 3.63) is 88.0 Å². The summed E-state index contributed by atoms with van der Waals surface area (Å²) in [5.74, 6) is 0.124. The largest absolute Gasteiger partial charge is 0.461 e. The molecule has 3 heterocycles. The average molecular weight is 634 g/mol. The predicted molar refractivity (Wildman–Crippen MR) is 176 cm³/mol. The Bertz CT molecular complexity index is 1940. The molecular weight excluding hydrogens is 594 g/mol. The molecule has 45 heavy (non-hydrogen) atoms. The highest BCUT2D eigenvalue weighted by Crippen LogP contribution is 2.39. The van der Waals surface area contributed by atoms with Gasteiger partial charge in [0.15, 0.2) is 0 Å². The van der Waals surface area contributed by atoms with Crippen molar-refractivity contribution in [2.75, 3.05) is 40.9 Å². The van der Waals surface area contributed by atoms with Crippen LogP contribution in [0.5, 0.6) is 0 Å². The number of hydrogen-bond acceptors (Lipinski definition) is 7. The molecule has 1 N–H and O–H groups in total. The molecule has 0 unspecified atom stereocenters. The molecule has 0 saturated heterocycles. The third kappa shape index (κ3) is 6.52. The van der Waals surface area contributed by atoms with Crippen molar-refractivity contribution in [2.24, 2.45) is 5.41 Å². The molecule has 0 atom stereocenters. The minimum absolute atomic E-state index is 0.152. The number of nitrogens with one attached hydrogen (secondary N) is 1. The molecular formula is C33H39N5O6S. The normalized spacial score (nSPS) is 15.1. The minimum atomic E-state index is -3.51. The highest BCUT2D eigenvalue weighted by atomic mass is 32.2. The maximum Gasteiger partial charge on any atom is 0.261 e. The van der Waals surface area contributed by atoms with Gasteiger partial charge in [0.05, 0.1) is 28.7 Å². The van der Waals surface area contributed by atoms with Gasteiger partial charge in [-0.25, -0.2) is 8.42 Å². The molecule has 0 saturated carbocycles. The maximum atomic E-state index is 13.4. The number of nitrogens with zero attached hydrogens (tertiary/aromatic N) is 4. The first-order valence-corrected chi connectivity index (χ1v) is 16.7. The monoisotopic (exact) mass is 633 g/mol. The fourth-order valence-electron chi connectivity index (χ4n) is 5.84. The van der Waals surface area contributed by atoms with E-state index in [4.69, 9.17) is 4.42 Å². The number of fused-ring (bicyclic) bond motifs is 2. The summed E-state index contributed by atoms with van der Waals surface area (Å²) in [4.78, 5) is 45.2. The highest BCUT2D eigenvalue weighted by Gasteiger charge is 2.45. The number of benzene rings is 2. The summed E-state index contributed by atoms with van der Waals surface area (Å²) < 4.78 is 34.1. The van der Waals surface area contributed by atoms with Crippen LogP contribution in [0.15, 0.2) is 70.0 Å². The van der Waals surface area contributed by atoms with E-state index in [2.05, 4.69) is 9.62 Å². The van der Waals surface area contributed by atoms with Gasteiger partial charge in [0.1, 0.15) is 16.8 Å². The first-order chi connectivity index (χ1) is 21.2. The summed E-state index contributed by atoms with van der Waals surface area (Å²) in [6, 6.07) is 16.4. The third-order valence-electron chi connectivity index (χ3n) is 8.18. The summed E-state index contributed by atoms with van der Waals surface area (Å²) in [6.07, 6.45) is 2.83. The fourth-order valence-corrected chi connectivity index (χ4v) is 6.44. The first-order valence-electron chi connectivity index (χ1n) is 14.8. The second kappa shape index (κ2) is 12.2. The van der Waals surface area contributed by atoms with E-state index in [1.165, 1.54) is 0 Å². The Morgan fingerprint density at radius 3 is 2.40 bits per heavy atom. The summed E-state index contributed by atoms with van der Waals surface area (Å²) in [7, 11) is -1.83. The zero-order valence-corrected chi connectivity index (χ0v) is 27.3. The topological polar surface area (TPSA) is 125 Å². The van der Waals surface area contributed by atoms with E-state index in [0.717, 1.165) is 17.4 Å². The first kappa shape index (κ1) is 32.0. The number of rotatable bonds is 10. The Morgan fingerprint density at radius 2 is 1.69 bits per heavy atom. The number of anilines is 3. The lowest BCUT2D eigenvalue weighted by atomic mass is 9.90. The third-order valence-corrected chi connectivity index (χ3v) is 8.77. The van der Waals surface area contributed by atoms with E-state index >= 15 is 0 Å². The van der Waals surface area contributed by atoms with Crippen LogP contribution in [0.3, 0.4) is 0 Å². The quantitative estimate of drug-likeness (QED) is 0.258. The molecule has 0 fully saturated rings. The van der Waals surface area contributed by atoms with Crippen LogP contribution in [0.1, 0.15) is 37.7 Å². The SMILES string of the molecule is CCN1C(=O)C(C)(C)C(=O)N(C)c2cc(CN(CCn3ccc4oc(C)cc4c3=O)Cc3ccccc3NS(C)(=O)=O)ccc21. The average Bonchev–Trinajstić information content (AvgIpc) is 3.36. The molecule has 0 aliphatic carbocycles. The molecule has 0 radical (unpaired) electrons. The lowest BCUT2D eigenvalue weighted by molar-refractivity contribution is -0.137. The highest BCUT2D eigenvalue weighted by molar-refractivity contribution is 7.92. The van der Waals surface area contributed by atoms with Crippen molar-refractivity contribution >= 4 is 49.9 Å². The lowest BCUT2D eigenvalue weighted by Crippen LogP contribution is -2.47. The predicted octanol–water partition coefficient (Wildman–Crippen LogP) is 4.33. The molecule has 1 aliphatic rings. The van der Waals surface area contributed by atoms with Crippen molar-refractivity contribution in [2.45, 2.75) is 47.3 Å². The summed E-state index contributed by atoms with van der Waals surface area (Å²) in [6.45, 7) is 9.03. The number of furan rings is 1. The number of aromatic nitrogens is 1. The van der Waals surface area contributed by atoms with Gasteiger partial charge in [0.25, 0.3) is 5.56 Å². The van der Waals surface area contributed by atoms with E-state index in [-0.39, 0.29) is 17.4 Å². The number of carbonyl (C=O) groups excluding carboxylic acids is 2. The van der Waals surface area contributed by atoms with Crippen molar-refractivity contribution in [1.82, 2.24) is 9.47 Å². The van der Waals surface area contributed by atoms with Crippen LogP contribution in [0.25, 0.3) is 11.0 Å². The van der Waals surface area contributed by atoms with E-state index in [0.29, 0.717) is 66.5 Å². The van der Waals surface area contributed by atoms with Crippen molar-refractivity contribution < 1.29 is 22.4 Å². The smallest absolute Gasteiger partial charge is 0.261 e. The zero-order chi connectivity index (χ0) is 32.7. The lowest BCUT2D eigenvalue weighted by Gasteiger charge is -2.27. The number of aryl methyl sites for hydroxylation is 1. The standard InChI is InChI=1S/C33H39N5O6S/c1-7-38-27-13-12-23(19-28(27)35(5)31(40)33(3,4)32(38)41)20-36(21-24-10-8-9-11-26(24)34-45(6,42)43)16-17-37-15-14-29-25(30(37)39)18-22(2)44-29/h8-15,18-19,34H,7,16-17,20-21H2,1-6H3. The Morgan fingerprint density at radius 1 is 0.956 bits per heavy atom. The molecule has 5 rings (SSSR count). The number of pyridine rings is 1. The maximum absolute atomic E-state index is 13.4. The van der Waals surface area contributed by atoms with Gasteiger partial charge in [0, 0.05) is 46.0 Å². The number of para-hydroxylation sites is 1. The molecule has 2 amide bonds. The number of carbonyl (C=O) groups is 2. The summed E-state index contributed by atoms with van der Waals surface area (Å²) >= 11 is 0. The second-order valence-corrected chi connectivity index (χ2v) is 13.8. The summed E-state index contributed by atoms with van der Waals surface area (Å²) in [5.41, 5.74) is 2.60. The van der Waals surface area contributed by atoms with Gasteiger partial charge in [0.2, 0.25) is 21.8 Å². The zero-order valence-electron chi connectivity index (χ0n) is 26.5. The van der Waals surface area contributed by atoms with Crippen LogP contribution >= 0.6 is 0 Å². The summed E-state index contributed by atoms with van der Waals surface area (Å²) in [5, 5.41) is 0.514. The number of amides is 2. The van der Waals surface area contributed by atoms with Gasteiger partial charge in [-0.2, -0.15) is 0 Å². The minimum Gasteiger partial charge on any atom is -0.461 e. The van der Waals surface area contributed by atoms with Crippen LogP contribution < -0.4 is 20.1 Å². The van der Waals surface area contributed by atoms with Crippen molar-refractivity contribution in [1.29, 1.82) is 0 Å². The molecule has 238 valence electrons. The van der Waals surface area contributed by atoms with E-state index in [1.807, 2.05) is 37.3 Å². The molecule has 0 bridgehead atoms. The molecule has 11 nitrogen and oxygen atoms in total. The van der Waals surface area contributed by atoms with Crippen LogP contribution in [0.2, 0.25) is 0 Å². The Balaban J connectivity index is 1.50. The van der Waals surface area contributed by atoms with Gasteiger partial charge in [-0.15, -0.1) is 0 Å². The van der Waals surface area contributed by atoms with Gasteiger partial charge in [-0.3, -0.25) is 24.0 Å². The molecule has 2 aromatic carbocycles. The molecule has 12 heteroatoms. The van der Waals surface area contributed by atoms with Gasteiger partial charge < -0.3 is 18.8 Å². The second-order valence-electron chi connectivity index (χ2n) is 12.1. The van der Waals surface area contributed by atoms with Gasteiger partial charge in [-0.1, -0.05) is 24.3 Å². The van der Waals surface area contributed by atoms with Gasteiger partial charge in [-0.05, 0) is 69.2 Å². The van der Waals surface area contributed by atoms with Gasteiger partial charge >= 0.3 is 0 Å². The Labute approximate surface area is 263 Å². The van der Waals surface area contributed by atoms with E-state index in [1.54, 1.807) is 72.6 Å². The Kier molecular flexibility index (Phi) is 8.65. The fraction of sp³-hybridized carbons (Fsp3) is 0.364. The van der Waals surface area contributed by atoms with Crippen molar-refractivity contribution in [3.8, 4) is 0 Å². The van der Waals surface area contributed by atoms with Crippen molar-refractivity contribution in [3.63, 3.8) is 0 Å². The Hall–Kier alpha value is -4.42. The molecule has 0 spiro atoms. The van der Waals surface area contributed by atoms with Crippen LogP contribution in [-0.4, -0.2) is 56.1 Å². The molecule has 1 aliphatic heterocycles. The van der Waals surface area contributed by atoms with Crippen LogP contribution in [0, 0.1) is 12.3 Å².